The zero-order valence-corrected chi connectivity index (χ0v) is 6.00. The maximum Gasteiger partial charge on any atom is -0.0158 e. The van der Waals surface area contributed by atoms with Gasteiger partial charge in [-0.05, 0) is 10.1 Å². The van der Waals surface area contributed by atoms with E-state index in [-0.39, 0.29) is 0 Å². The van der Waals surface area contributed by atoms with Gasteiger partial charge in [-0.1, -0.05) is 13.8 Å². The van der Waals surface area contributed by atoms with E-state index in [2.05, 4.69) is 13.8 Å². The number of aryl methyl sites for hydroxylation is 2. The van der Waals surface area contributed by atoms with Gasteiger partial charge in [0, 0.05) is 0 Å². The Morgan fingerprint density at radius 2 is 2.33 bits per heavy atom. The summed E-state index contributed by atoms with van der Waals surface area (Å²) in [6.45, 7) is 4.48. The van der Waals surface area contributed by atoms with Crippen molar-refractivity contribution in [3.05, 3.63) is 10.1 Å². The van der Waals surface area contributed by atoms with Crippen LogP contribution >= 0.6 is 16.4 Å². The highest BCUT2D eigenvalue weighted by Gasteiger charge is 1.86. The molecule has 0 saturated carbocycles. The van der Waals surface area contributed by atoms with Crippen molar-refractivity contribution in [3.8, 4) is 0 Å². The summed E-state index contributed by atoms with van der Waals surface area (Å²) in [7, 11) is 2.23. The van der Waals surface area contributed by atoms with Crippen molar-refractivity contribution >= 4 is 16.4 Å². The topological polar surface area (TPSA) is 0 Å². The summed E-state index contributed by atoms with van der Waals surface area (Å²) in [6, 6.07) is 0. The first-order valence-corrected chi connectivity index (χ1v) is 4.00. The molecule has 0 N–H and O–H groups in total. The predicted molar refractivity (Wildman–Crippen MR) is 34.9 cm³/mol. The van der Waals surface area contributed by atoms with Gasteiger partial charge in [-0.2, -0.15) is 0 Å². The Labute approximate surface area is 41.1 Å². The molecule has 6 heavy (non-hydrogen) atoms. The molecule has 1 aromatic heterocycles. The number of rotatable bonds is 0. The molecule has 0 nitrogen and oxygen atoms in total. The highest BCUT2D eigenvalue weighted by atomic mass is 31.1. The van der Waals surface area contributed by atoms with Crippen LogP contribution in [0.25, 0.3) is 0 Å². The van der Waals surface area contributed by atoms with E-state index in [1.807, 2.05) is 0 Å². The average Bonchev–Trinajstić information content (AvgIpc) is 1.33. The first-order chi connectivity index (χ1) is 2.79. The fourth-order valence-corrected chi connectivity index (χ4v) is 3.56. The van der Waals surface area contributed by atoms with E-state index in [0.717, 1.165) is 16.4 Å². The first kappa shape index (κ1) is 4.50. The van der Waals surface area contributed by atoms with E-state index < -0.39 is 0 Å². The largest absolute Gasteiger partial charge is 0.128 e. The standard InChI is InChI=1S/C4H8P2/c1-3-5-4(2)6-3/h5-6H,1-2H3. The van der Waals surface area contributed by atoms with E-state index >= 15 is 0 Å². The van der Waals surface area contributed by atoms with E-state index in [4.69, 9.17) is 0 Å². The summed E-state index contributed by atoms with van der Waals surface area (Å²) in [5, 5.41) is 3.40. The lowest BCUT2D eigenvalue weighted by molar-refractivity contribution is 1.70. The van der Waals surface area contributed by atoms with Crippen LogP contribution in [0.4, 0.5) is 0 Å². The minimum absolute atomic E-state index is 1.11. The van der Waals surface area contributed by atoms with Crippen LogP contribution in [0.5, 0.6) is 0 Å². The third-order valence-electron chi connectivity index (χ3n) is 0.750. The Bertz CT molecular complexity index is 103. The van der Waals surface area contributed by atoms with Crippen molar-refractivity contribution in [1.82, 2.24) is 0 Å². The van der Waals surface area contributed by atoms with E-state index in [1.54, 1.807) is 10.1 Å². The van der Waals surface area contributed by atoms with Crippen LogP contribution in [0.1, 0.15) is 10.1 Å². The minimum Gasteiger partial charge on any atom is -0.128 e. The van der Waals surface area contributed by atoms with Crippen LogP contribution in [-0.2, 0) is 0 Å². The summed E-state index contributed by atoms with van der Waals surface area (Å²) < 4.78 is 0. The molecule has 0 radical (unpaired) electrons. The normalized spacial score (nSPS) is 12.3. The van der Waals surface area contributed by atoms with E-state index in [9.17, 15) is 0 Å². The van der Waals surface area contributed by atoms with Gasteiger partial charge < -0.3 is 0 Å². The monoisotopic (exact) mass is 118 g/mol. The SMILES string of the molecule is Cc1[pH][c-](C)[pH+]1. The molecule has 0 unspecified atom stereocenters. The second-order valence-electron chi connectivity index (χ2n) is 1.50. The molecule has 0 amide bonds. The summed E-state index contributed by atoms with van der Waals surface area (Å²) >= 11 is 0. The molecule has 0 bridgehead atoms. The van der Waals surface area contributed by atoms with Crippen molar-refractivity contribution in [1.29, 1.82) is 0 Å². The second kappa shape index (κ2) is 1.45. The van der Waals surface area contributed by atoms with E-state index in [0.29, 0.717) is 0 Å². The Hall–Kier alpha value is 0.340. The molecule has 34 valence electrons. The van der Waals surface area contributed by atoms with Gasteiger partial charge in [0.1, 0.15) is 0 Å². The average molecular weight is 118 g/mol. The molecule has 0 atom stereocenters. The Balaban J connectivity index is 2.77. The van der Waals surface area contributed by atoms with Crippen LogP contribution in [0, 0.1) is 13.8 Å². The smallest absolute Gasteiger partial charge is 0.0158 e. The summed E-state index contributed by atoms with van der Waals surface area (Å²) in [6.07, 6.45) is 0. The van der Waals surface area contributed by atoms with Gasteiger partial charge >= 0.3 is 0 Å². The third kappa shape index (κ3) is 0.696. The molecule has 0 aliphatic heterocycles. The molecule has 2 heteroatoms. The highest BCUT2D eigenvalue weighted by Crippen LogP contribution is 2.36. The summed E-state index contributed by atoms with van der Waals surface area (Å²) in [5.41, 5.74) is 0. The van der Waals surface area contributed by atoms with Gasteiger partial charge in [0.15, 0.2) is 0 Å². The molecule has 1 heterocycles. The van der Waals surface area contributed by atoms with Gasteiger partial charge in [-0.25, -0.2) is 0 Å². The number of hydrogen-bond donors (Lipinski definition) is 0. The maximum absolute atomic E-state index is 2.24. The molecule has 1 rings (SSSR count). The molecule has 1 aromatic rings. The van der Waals surface area contributed by atoms with Gasteiger partial charge in [-0.3, -0.25) is 0 Å². The van der Waals surface area contributed by atoms with Gasteiger partial charge in [-0.15, -0.1) is 16.4 Å². The molecule has 0 aliphatic carbocycles. The second-order valence-corrected chi connectivity index (χ2v) is 6.00. The molecular weight excluding hydrogens is 110 g/mol. The highest BCUT2D eigenvalue weighted by molar-refractivity contribution is 7.61. The van der Waals surface area contributed by atoms with Crippen molar-refractivity contribution in [2.24, 2.45) is 0 Å². The van der Waals surface area contributed by atoms with Crippen molar-refractivity contribution in [2.75, 3.05) is 0 Å². The third-order valence-corrected chi connectivity index (χ3v) is 3.75. The van der Waals surface area contributed by atoms with Crippen molar-refractivity contribution in [3.63, 3.8) is 0 Å². The molecule has 0 aliphatic rings. The molecule has 0 aromatic carbocycles. The summed E-state index contributed by atoms with van der Waals surface area (Å²) in [4.78, 5) is 0. The fraction of sp³-hybridized carbons (Fsp3) is 0.500. The predicted octanol–water partition coefficient (Wildman–Crippen LogP) is 2.37. The Kier molecular flexibility index (Phi) is 1.08. The van der Waals surface area contributed by atoms with Crippen molar-refractivity contribution < 1.29 is 0 Å². The van der Waals surface area contributed by atoms with Crippen LogP contribution < -0.4 is 0 Å². The number of hydrogen-bond acceptors (Lipinski definition) is 0. The van der Waals surface area contributed by atoms with E-state index in [1.165, 1.54) is 0 Å². The quantitative estimate of drug-likeness (QED) is 0.458. The molecular formula is C4H8P2. The molecule has 0 saturated heterocycles. The van der Waals surface area contributed by atoms with Crippen LogP contribution in [-0.4, -0.2) is 0 Å². The Morgan fingerprint density at radius 3 is 2.33 bits per heavy atom. The molecule has 0 spiro atoms. The maximum atomic E-state index is 2.24. The van der Waals surface area contributed by atoms with Crippen LogP contribution in [0.2, 0.25) is 0 Å². The van der Waals surface area contributed by atoms with Gasteiger partial charge in [0.2, 0.25) is 0 Å². The van der Waals surface area contributed by atoms with Gasteiger partial charge in [0.25, 0.3) is 0 Å². The van der Waals surface area contributed by atoms with Crippen LogP contribution in [0.15, 0.2) is 0 Å². The lowest BCUT2D eigenvalue weighted by Gasteiger charge is -1.98. The fourth-order valence-electron chi connectivity index (χ4n) is 0.562. The van der Waals surface area contributed by atoms with Crippen LogP contribution in [0.3, 0.4) is 0 Å². The molecule has 0 fully saturated rings. The first-order valence-electron chi connectivity index (χ1n) is 2.00. The Morgan fingerprint density at radius 1 is 1.83 bits per heavy atom. The van der Waals surface area contributed by atoms with Crippen molar-refractivity contribution in [2.45, 2.75) is 13.8 Å². The lowest BCUT2D eigenvalue weighted by atomic mass is 10.9. The lowest BCUT2D eigenvalue weighted by Crippen LogP contribution is -1.57. The van der Waals surface area contributed by atoms with Gasteiger partial charge in [0.05, 0.1) is 0 Å². The minimum atomic E-state index is 1.11. The zero-order valence-electron chi connectivity index (χ0n) is 4.00. The summed E-state index contributed by atoms with van der Waals surface area (Å²) in [5.74, 6) is 0. The zero-order chi connectivity index (χ0) is 4.57.